The van der Waals surface area contributed by atoms with Gasteiger partial charge in [0.15, 0.2) is 0 Å². The average Bonchev–Trinajstić information content (AvgIpc) is 2.66. The summed E-state index contributed by atoms with van der Waals surface area (Å²) in [5.74, 6) is 0.778. The highest BCUT2D eigenvalue weighted by atomic mass is 16.6. The van der Waals surface area contributed by atoms with E-state index in [1.54, 1.807) is 7.11 Å². The highest BCUT2D eigenvalue weighted by Crippen LogP contribution is 2.21. The molecular weight excluding hydrogens is 340 g/mol. The molecule has 150 valence electrons. The summed E-state index contributed by atoms with van der Waals surface area (Å²) in [5, 5.41) is 9.23. The van der Waals surface area contributed by atoms with E-state index in [-0.39, 0.29) is 6.61 Å². The molecule has 0 saturated carbocycles. The molecule has 0 spiro atoms. The van der Waals surface area contributed by atoms with Crippen LogP contribution in [0.3, 0.4) is 0 Å². The van der Waals surface area contributed by atoms with Crippen LogP contribution < -0.4 is 4.74 Å². The van der Waals surface area contributed by atoms with Crippen molar-refractivity contribution in [2.45, 2.75) is 13.5 Å². The largest absolute Gasteiger partial charge is 0.491 e. The van der Waals surface area contributed by atoms with Crippen molar-refractivity contribution in [3.8, 4) is 5.75 Å². The highest BCUT2D eigenvalue weighted by molar-refractivity contribution is 5.38. The SMILES string of the molecule is COCCOCCOCCOCCOCCOc1cccc(CO)c1C. The first-order valence-corrected chi connectivity index (χ1v) is 8.91. The van der Waals surface area contributed by atoms with Gasteiger partial charge in [0.2, 0.25) is 0 Å². The summed E-state index contributed by atoms with van der Waals surface area (Å²) < 4.78 is 32.1. The lowest BCUT2D eigenvalue weighted by Crippen LogP contribution is -2.14. The Morgan fingerprint density at radius 3 is 1.73 bits per heavy atom. The van der Waals surface area contributed by atoms with Crippen LogP contribution in [0.25, 0.3) is 0 Å². The third-order valence-electron chi connectivity index (χ3n) is 3.60. The van der Waals surface area contributed by atoms with Crippen LogP contribution in [0.15, 0.2) is 18.2 Å². The van der Waals surface area contributed by atoms with Gasteiger partial charge in [-0.2, -0.15) is 0 Å². The minimum atomic E-state index is 0.0153. The van der Waals surface area contributed by atoms with Crippen LogP contribution in [-0.4, -0.2) is 78.3 Å². The van der Waals surface area contributed by atoms with Gasteiger partial charge in [-0.05, 0) is 24.1 Å². The molecular formula is C19H32O7. The molecule has 0 aliphatic carbocycles. The summed E-state index contributed by atoms with van der Waals surface area (Å²) in [6.45, 7) is 7.31. The Hall–Kier alpha value is -1.22. The number of benzene rings is 1. The van der Waals surface area contributed by atoms with Gasteiger partial charge in [-0.1, -0.05) is 12.1 Å². The Morgan fingerprint density at radius 2 is 1.23 bits per heavy atom. The number of hydrogen-bond donors (Lipinski definition) is 1. The molecule has 1 rings (SSSR count). The fourth-order valence-corrected chi connectivity index (χ4v) is 2.10. The molecule has 1 N–H and O–H groups in total. The zero-order chi connectivity index (χ0) is 18.9. The molecule has 0 heterocycles. The van der Waals surface area contributed by atoms with Gasteiger partial charge in [0.1, 0.15) is 12.4 Å². The van der Waals surface area contributed by atoms with Crippen LogP contribution in [-0.2, 0) is 30.3 Å². The number of ether oxygens (including phenoxy) is 6. The van der Waals surface area contributed by atoms with Crippen molar-refractivity contribution in [3.63, 3.8) is 0 Å². The molecule has 0 saturated heterocycles. The van der Waals surface area contributed by atoms with E-state index < -0.39 is 0 Å². The Labute approximate surface area is 156 Å². The second kappa shape index (κ2) is 16.0. The first-order chi connectivity index (χ1) is 12.8. The summed E-state index contributed by atoms with van der Waals surface area (Å²) in [6.07, 6.45) is 0. The minimum absolute atomic E-state index is 0.0153. The van der Waals surface area contributed by atoms with E-state index in [4.69, 9.17) is 28.4 Å². The van der Waals surface area contributed by atoms with Crippen molar-refractivity contribution < 1.29 is 33.5 Å². The fraction of sp³-hybridized carbons (Fsp3) is 0.684. The first kappa shape index (κ1) is 22.8. The molecule has 0 bridgehead atoms. The van der Waals surface area contributed by atoms with Crippen molar-refractivity contribution in [3.05, 3.63) is 29.3 Å². The molecule has 0 atom stereocenters. The Morgan fingerprint density at radius 1 is 0.731 bits per heavy atom. The van der Waals surface area contributed by atoms with Crippen LogP contribution in [0.2, 0.25) is 0 Å². The van der Waals surface area contributed by atoms with Gasteiger partial charge in [-0.3, -0.25) is 0 Å². The number of hydrogen-bond acceptors (Lipinski definition) is 7. The molecule has 0 aromatic heterocycles. The van der Waals surface area contributed by atoms with Gasteiger partial charge in [0.25, 0.3) is 0 Å². The molecule has 0 aliphatic rings. The smallest absolute Gasteiger partial charge is 0.122 e. The lowest BCUT2D eigenvalue weighted by atomic mass is 10.1. The standard InChI is InChI=1S/C19H32O7/c1-17-18(16-20)4-3-5-19(17)26-15-14-25-13-12-24-11-10-23-9-8-22-7-6-21-2/h3-5,20H,6-16H2,1-2H3. The highest BCUT2D eigenvalue weighted by Gasteiger charge is 2.03. The normalized spacial score (nSPS) is 11.0. The number of aliphatic hydroxyl groups excluding tert-OH is 1. The monoisotopic (exact) mass is 372 g/mol. The van der Waals surface area contributed by atoms with E-state index in [2.05, 4.69) is 0 Å². The summed E-state index contributed by atoms with van der Waals surface area (Å²) in [4.78, 5) is 0. The van der Waals surface area contributed by atoms with Gasteiger partial charge in [-0.15, -0.1) is 0 Å². The Bertz CT molecular complexity index is 454. The fourth-order valence-electron chi connectivity index (χ4n) is 2.10. The molecule has 7 heteroatoms. The molecule has 0 fully saturated rings. The van der Waals surface area contributed by atoms with Crippen LogP contribution in [0, 0.1) is 6.92 Å². The van der Waals surface area contributed by atoms with Crippen molar-refractivity contribution >= 4 is 0 Å². The lowest BCUT2D eigenvalue weighted by Gasteiger charge is -2.12. The van der Waals surface area contributed by atoms with Gasteiger partial charge < -0.3 is 33.5 Å². The molecule has 1 aromatic carbocycles. The van der Waals surface area contributed by atoms with E-state index in [1.807, 2.05) is 25.1 Å². The molecule has 0 radical (unpaired) electrons. The second-order valence-electron chi connectivity index (χ2n) is 5.49. The Balaban J connectivity index is 1.87. The first-order valence-electron chi connectivity index (χ1n) is 8.91. The maximum absolute atomic E-state index is 9.23. The summed E-state index contributed by atoms with van der Waals surface area (Å²) in [5.41, 5.74) is 1.84. The molecule has 0 aliphatic heterocycles. The summed E-state index contributed by atoms with van der Waals surface area (Å²) >= 11 is 0. The quantitative estimate of drug-likeness (QED) is 0.416. The molecule has 7 nitrogen and oxygen atoms in total. The van der Waals surface area contributed by atoms with E-state index in [9.17, 15) is 5.11 Å². The minimum Gasteiger partial charge on any atom is -0.491 e. The topological polar surface area (TPSA) is 75.6 Å². The van der Waals surface area contributed by atoms with Crippen LogP contribution in [0.1, 0.15) is 11.1 Å². The third-order valence-corrected chi connectivity index (χ3v) is 3.60. The molecule has 0 unspecified atom stereocenters. The van der Waals surface area contributed by atoms with Gasteiger partial charge in [-0.25, -0.2) is 0 Å². The predicted molar refractivity (Wildman–Crippen MR) is 97.7 cm³/mol. The van der Waals surface area contributed by atoms with Crippen molar-refractivity contribution in [2.75, 3.05) is 73.2 Å². The van der Waals surface area contributed by atoms with Crippen LogP contribution in [0.5, 0.6) is 5.75 Å². The maximum atomic E-state index is 9.23. The van der Waals surface area contributed by atoms with E-state index in [0.29, 0.717) is 66.1 Å². The second-order valence-corrected chi connectivity index (χ2v) is 5.49. The number of aliphatic hydroxyl groups is 1. The van der Waals surface area contributed by atoms with Gasteiger partial charge in [0.05, 0.1) is 66.1 Å². The molecule has 0 amide bonds. The van der Waals surface area contributed by atoms with E-state index in [1.165, 1.54) is 0 Å². The van der Waals surface area contributed by atoms with Gasteiger partial charge in [0, 0.05) is 7.11 Å². The number of rotatable bonds is 17. The Kier molecular flexibility index (Phi) is 14.0. The van der Waals surface area contributed by atoms with Crippen LogP contribution >= 0.6 is 0 Å². The zero-order valence-corrected chi connectivity index (χ0v) is 15.9. The lowest BCUT2D eigenvalue weighted by molar-refractivity contribution is -0.00980. The zero-order valence-electron chi connectivity index (χ0n) is 15.9. The summed E-state index contributed by atoms with van der Waals surface area (Å²) in [6, 6.07) is 5.64. The van der Waals surface area contributed by atoms with Crippen molar-refractivity contribution in [1.82, 2.24) is 0 Å². The predicted octanol–water partition coefficient (Wildman–Crippen LogP) is 1.58. The van der Waals surface area contributed by atoms with E-state index in [0.717, 1.165) is 16.9 Å². The average molecular weight is 372 g/mol. The van der Waals surface area contributed by atoms with Crippen molar-refractivity contribution in [2.24, 2.45) is 0 Å². The molecule has 1 aromatic rings. The van der Waals surface area contributed by atoms with Gasteiger partial charge >= 0.3 is 0 Å². The number of methoxy groups -OCH3 is 1. The summed E-state index contributed by atoms with van der Waals surface area (Å²) in [7, 11) is 1.64. The third kappa shape index (κ3) is 10.7. The van der Waals surface area contributed by atoms with Crippen molar-refractivity contribution in [1.29, 1.82) is 0 Å². The maximum Gasteiger partial charge on any atom is 0.122 e. The van der Waals surface area contributed by atoms with E-state index >= 15 is 0 Å². The molecule has 26 heavy (non-hydrogen) atoms. The van der Waals surface area contributed by atoms with Crippen LogP contribution in [0.4, 0.5) is 0 Å².